The van der Waals surface area contributed by atoms with Crippen LogP contribution in [0, 0.1) is 6.92 Å². The number of aromatic hydroxyl groups is 1. The maximum absolute atomic E-state index is 12.5. The first-order valence-electron chi connectivity index (χ1n) is 5.81. The molecule has 0 aliphatic heterocycles. The second-order valence-electron chi connectivity index (χ2n) is 4.34. The molecule has 100 valence electrons. The number of phenolic OH excluding ortho intramolecular Hbond substituents is 1. The van der Waals surface area contributed by atoms with Crippen LogP contribution in [-0.4, -0.2) is 20.2 Å². The zero-order chi connectivity index (χ0) is 14.3. The maximum atomic E-state index is 12.5. The van der Waals surface area contributed by atoms with Crippen molar-refractivity contribution in [1.29, 1.82) is 0 Å². The number of carbonyl (C=O) groups is 1. The lowest BCUT2D eigenvalue weighted by Gasteiger charge is -2.04. The zero-order valence-corrected chi connectivity index (χ0v) is 12.8. The third-order valence-electron chi connectivity index (χ3n) is 2.98. The van der Waals surface area contributed by atoms with Crippen LogP contribution in [0.1, 0.15) is 21.6 Å². The molecule has 0 unspecified atom stereocenters. The van der Waals surface area contributed by atoms with Crippen molar-refractivity contribution in [2.45, 2.75) is 6.92 Å². The van der Waals surface area contributed by atoms with Crippen molar-refractivity contribution in [3.05, 3.63) is 51.8 Å². The average Bonchev–Trinajstić information content (AvgIpc) is 2.82. The molecule has 0 saturated carbocycles. The van der Waals surface area contributed by atoms with Gasteiger partial charge in [0.05, 0.1) is 11.3 Å². The van der Waals surface area contributed by atoms with E-state index in [0.717, 1.165) is 20.4 Å². The first kappa shape index (κ1) is 13.2. The van der Waals surface area contributed by atoms with Crippen molar-refractivity contribution < 1.29 is 9.90 Å². The SMILES string of the molecule is Cc1nsc2ncc(C(=O)c3cc(Br)ccc3O)cc12. The van der Waals surface area contributed by atoms with E-state index in [1.165, 1.54) is 23.8 Å². The summed E-state index contributed by atoms with van der Waals surface area (Å²) in [6.45, 7) is 1.88. The normalized spacial score (nSPS) is 10.9. The number of phenols is 1. The van der Waals surface area contributed by atoms with E-state index in [1.807, 2.05) is 6.92 Å². The van der Waals surface area contributed by atoms with Gasteiger partial charge in [0, 0.05) is 21.6 Å². The third-order valence-corrected chi connectivity index (χ3v) is 4.33. The molecule has 1 aromatic carbocycles. The lowest BCUT2D eigenvalue weighted by atomic mass is 10.0. The Labute approximate surface area is 127 Å². The van der Waals surface area contributed by atoms with Crippen LogP contribution in [-0.2, 0) is 0 Å². The minimum atomic E-state index is -0.260. The van der Waals surface area contributed by atoms with Gasteiger partial charge in [0.2, 0.25) is 0 Å². The molecule has 3 rings (SSSR count). The molecule has 0 aliphatic carbocycles. The van der Waals surface area contributed by atoms with Gasteiger partial charge in [-0.05, 0) is 42.7 Å². The van der Waals surface area contributed by atoms with Gasteiger partial charge < -0.3 is 5.11 Å². The van der Waals surface area contributed by atoms with Crippen LogP contribution in [0.4, 0.5) is 0 Å². The van der Waals surface area contributed by atoms with Gasteiger partial charge in [0.1, 0.15) is 10.6 Å². The van der Waals surface area contributed by atoms with Crippen LogP contribution in [0.15, 0.2) is 34.9 Å². The molecule has 0 aliphatic rings. The summed E-state index contributed by atoms with van der Waals surface area (Å²) in [5.74, 6) is -0.303. The first-order valence-corrected chi connectivity index (χ1v) is 7.38. The van der Waals surface area contributed by atoms with Crippen LogP contribution >= 0.6 is 27.5 Å². The number of pyridine rings is 1. The predicted octanol–water partition coefficient (Wildman–Crippen LogP) is 3.70. The summed E-state index contributed by atoms with van der Waals surface area (Å²) in [6.07, 6.45) is 1.52. The topological polar surface area (TPSA) is 63.1 Å². The van der Waals surface area contributed by atoms with Gasteiger partial charge in [-0.2, -0.15) is 4.37 Å². The van der Waals surface area contributed by atoms with Crippen LogP contribution in [0.5, 0.6) is 5.75 Å². The highest BCUT2D eigenvalue weighted by atomic mass is 79.9. The Hall–Kier alpha value is -1.79. The number of halogens is 1. The fourth-order valence-electron chi connectivity index (χ4n) is 1.91. The van der Waals surface area contributed by atoms with E-state index in [9.17, 15) is 9.90 Å². The Morgan fingerprint density at radius 3 is 2.95 bits per heavy atom. The Morgan fingerprint density at radius 2 is 2.15 bits per heavy atom. The van der Waals surface area contributed by atoms with Gasteiger partial charge in [0.15, 0.2) is 5.78 Å². The van der Waals surface area contributed by atoms with Gasteiger partial charge in [-0.3, -0.25) is 4.79 Å². The molecule has 0 atom stereocenters. The van der Waals surface area contributed by atoms with Crippen molar-refractivity contribution >= 4 is 43.5 Å². The number of hydrogen-bond donors (Lipinski definition) is 1. The van der Waals surface area contributed by atoms with E-state index >= 15 is 0 Å². The molecule has 6 heteroatoms. The summed E-state index contributed by atoms with van der Waals surface area (Å²) >= 11 is 4.60. The second kappa shape index (κ2) is 4.96. The number of aromatic nitrogens is 2. The van der Waals surface area contributed by atoms with E-state index in [0.29, 0.717) is 5.56 Å². The molecule has 0 fully saturated rings. The smallest absolute Gasteiger partial charge is 0.198 e. The summed E-state index contributed by atoms with van der Waals surface area (Å²) in [5.41, 5.74) is 1.54. The highest BCUT2D eigenvalue weighted by molar-refractivity contribution is 9.10. The van der Waals surface area contributed by atoms with Crippen molar-refractivity contribution in [1.82, 2.24) is 9.36 Å². The summed E-state index contributed by atoms with van der Waals surface area (Å²) in [4.78, 5) is 17.5. The highest BCUT2D eigenvalue weighted by Gasteiger charge is 2.16. The minimum Gasteiger partial charge on any atom is -0.507 e. The quantitative estimate of drug-likeness (QED) is 0.717. The van der Waals surface area contributed by atoms with Gasteiger partial charge >= 0.3 is 0 Å². The van der Waals surface area contributed by atoms with Crippen LogP contribution in [0.2, 0.25) is 0 Å². The number of nitrogens with zero attached hydrogens (tertiary/aromatic N) is 2. The molecule has 4 nitrogen and oxygen atoms in total. The molecule has 0 spiro atoms. The lowest BCUT2D eigenvalue weighted by molar-refractivity contribution is 0.103. The molecule has 0 bridgehead atoms. The number of rotatable bonds is 2. The Kier molecular flexibility index (Phi) is 3.27. The summed E-state index contributed by atoms with van der Waals surface area (Å²) in [7, 11) is 0. The molecule has 2 aromatic heterocycles. The van der Waals surface area contributed by atoms with Crippen molar-refractivity contribution in [3.8, 4) is 5.75 Å². The van der Waals surface area contributed by atoms with Crippen molar-refractivity contribution in [2.24, 2.45) is 0 Å². The number of hydrogen-bond acceptors (Lipinski definition) is 5. The molecule has 0 radical (unpaired) electrons. The Bertz CT molecular complexity index is 829. The average molecular weight is 349 g/mol. The van der Waals surface area contributed by atoms with Crippen molar-refractivity contribution in [3.63, 3.8) is 0 Å². The standard InChI is InChI=1S/C14H9BrN2O2S/c1-7-10-4-8(6-16-14(10)20-17-7)13(19)11-5-9(15)2-3-12(11)18/h2-6,18H,1H3. The van der Waals surface area contributed by atoms with Gasteiger partial charge in [0.25, 0.3) is 0 Å². The summed E-state index contributed by atoms with van der Waals surface area (Å²) in [5, 5.41) is 10.7. The van der Waals surface area contributed by atoms with E-state index in [1.54, 1.807) is 18.2 Å². The van der Waals surface area contributed by atoms with Crippen LogP contribution in [0.25, 0.3) is 10.2 Å². The molecule has 2 heterocycles. The maximum Gasteiger partial charge on any atom is 0.198 e. The predicted molar refractivity (Wildman–Crippen MR) is 81.4 cm³/mol. The number of benzene rings is 1. The highest BCUT2D eigenvalue weighted by Crippen LogP contribution is 2.26. The zero-order valence-electron chi connectivity index (χ0n) is 10.4. The number of carbonyl (C=O) groups excluding carboxylic acids is 1. The molecular formula is C14H9BrN2O2S. The van der Waals surface area contributed by atoms with E-state index < -0.39 is 0 Å². The van der Waals surface area contributed by atoms with E-state index in [4.69, 9.17) is 0 Å². The molecule has 20 heavy (non-hydrogen) atoms. The minimum absolute atomic E-state index is 0.0431. The fourth-order valence-corrected chi connectivity index (χ4v) is 3.00. The summed E-state index contributed by atoms with van der Waals surface area (Å²) in [6, 6.07) is 6.53. The number of aryl methyl sites for hydroxylation is 1. The summed E-state index contributed by atoms with van der Waals surface area (Å²) < 4.78 is 4.95. The Balaban J connectivity index is 2.12. The lowest BCUT2D eigenvalue weighted by Crippen LogP contribution is -2.02. The van der Waals surface area contributed by atoms with Crippen LogP contribution < -0.4 is 0 Å². The second-order valence-corrected chi connectivity index (χ2v) is 6.00. The van der Waals surface area contributed by atoms with Gasteiger partial charge in [-0.1, -0.05) is 15.9 Å². The molecule has 1 N–H and O–H groups in total. The first-order chi connectivity index (χ1) is 9.56. The van der Waals surface area contributed by atoms with Crippen LogP contribution in [0.3, 0.4) is 0 Å². The van der Waals surface area contributed by atoms with E-state index in [-0.39, 0.29) is 17.1 Å². The van der Waals surface area contributed by atoms with Gasteiger partial charge in [-0.25, -0.2) is 4.98 Å². The molecule has 3 aromatic rings. The number of ketones is 1. The molecule has 0 saturated heterocycles. The Morgan fingerprint density at radius 1 is 1.35 bits per heavy atom. The largest absolute Gasteiger partial charge is 0.507 e. The fraction of sp³-hybridized carbons (Fsp3) is 0.0714. The number of fused-ring (bicyclic) bond motifs is 1. The molecular weight excluding hydrogens is 340 g/mol. The van der Waals surface area contributed by atoms with E-state index in [2.05, 4.69) is 25.3 Å². The van der Waals surface area contributed by atoms with Gasteiger partial charge in [-0.15, -0.1) is 0 Å². The monoisotopic (exact) mass is 348 g/mol. The third kappa shape index (κ3) is 2.21. The molecule has 0 amide bonds. The van der Waals surface area contributed by atoms with Crippen molar-refractivity contribution in [2.75, 3.05) is 0 Å².